The Bertz CT molecular complexity index is 982. The topological polar surface area (TPSA) is 95.9 Å². The van der Waals surface area contributed by atoms with Gasteiger partial charge in [-0.3, -0.25) is 14.9 Å². The number of likely N-dealkylation sites (tertiary alicyclic amines) is 1. The number of carbonyl (C=O) groups excluding carboxylic acids is 3. The van der Waals surface area contributed by atoms with E-state index in [1.165, 1.54) is 0 Å². The number of aliphatic hydroxyl groups excluding tert-OH is 1. The van der Waals surface area contributed by atoms with Gasteiger partial charge in [-0.2, -0.15) is 0 Å². The number of carbonyl (C=O) groups is 3. The van der Waals surface area contributed by atoms with Crippen molar-refractivity contribution in [3.05, 3.63) is 12.2 Å². The van der Waals surface area contributed by atoms with Crippen LogP contribution in [-0.2, 0) is 14.3 Å². The molecule has 2 bridgehead atoms. The van der Waals surface area contributed by atoms with Gasteiger partial charge in [-0.15, -0.1) is 0 Å². The van der Waals surface area contributed by atoms with Crippen LogP contribution >= 0.6 is 0 Å². The first-order chi connectivity index (χ1) is 18.3. The summed E-state index contributed by atoms with van der Waals surface area (Å²) in [6, 6.07) is 0. The Morgan fingerprint density at radius 1 is 1.18 bits per heavy atom. The van der Waals surface area contributed by atoms with Crippen LogP contribution in [0.2, 0.25) is 0 Å². The number of allylic oxidation sites excluding steroid dienone is 1. The van der Waals surface area contributed by atoms with Gasteiger partial charge in [0.1, 0.15) is 11.9 Å². The van der Waals surface area contributed by atoms with E-state index in [0.29, 0.717) is 19.4 Å². The molecule has 0 spiro atoms. The van der Waals surface area contributed by atoms with E-state index >= 15 is 0 Å². The molecule has 2 N–H and O–H groups in total. The molecule has 4 aliphatic rings. The normalized spacial score (nSPS) is 44.9. The molecule has 7 heteroatoms. The van der Waals surface area contributed by atoms with Crippen molar-refractivity contribution >= 4 is 17.8 Å². The van der Waals surface area contributed by atoms with Gasteiger partial charge in [-0.25, -0.2) is 4.79 Å². The number of unbranched alkanes of at least 4 members (excludes halogenated alkanes) is 1. The molecule has 220 valence electrons. The van der Waals surface area contributed by atoms with Gasteiger partial charge in [0, 0.05) is 29.7 Å². The summed E-state index contributed by atoms with van der Waals surface area (Å²) in [6.45, 7) is 14.3. The van der Waals surface area contributed by atoms with E-state index in [1.54, 1.807) is 0 Å². The second-order valence-electron chi connectivity index (χ2n) is 14.1. The highest BCUT2D eigenvalue weighted by molar-refractivity contribution is 5.93. The van der Waals surface area contributed by atoms with Crippen LogP contribution in [0.15, 0.2) is 12.2 Å². The van der Waals surface area contributed by atoms with Crippen molar-refractivity contribution in [1.82, 2.24) is 10.2 Å². The van der Waals surface area contributed by atoms with Crippen LogP contribution < -0.4 is 5.32 Å². The summed E-state index contributed by atoms with van der Waals surface area (Å²) in [4.78, 5) is 42.3. The van der Waals surface area contributed by atoms with Crippen molar-refractivity contribution < 1.29 is 24.2 Å². The highest BCUT2D eigenvalue weighted by Gasteiger charge is 2.68. The lowest BCUT2D eigenvalue weighted by Gasteiger charge is -2.61. The average Bonchev–Trinajstić information content (AvgIpc) is 3.24. The molecule has 0 aromatic rings. The fraction of sp³-hybridized carbons (Fsp3) is 0.844. The maximum atomic E-state index is 13.6. The van der Waals surface area contributed by atoms with Crippen molar-refractivity contribution in [3.8, 4) is 0 Å². The standard InChI is InChI=1S/C32H52N2O5/c1-8-9-10-14-30(5)18-25(39-29(38)33-28(37)23-19-34(7)17-13-20(23)2)31(6)21(3)11-15-32(22(4)27(30)36)16-12-24(35)26(31)32/h10,14,20-23,25-27,36H,8-9,11-13,15-19H2,1-7H3,(H,33,37,38)/t20-,21+,22-,23-,25+,26?,27-,30+,31-,32?/m0/s1. The molecule has 2 amide bonds. The van der Waals surface area contributed by atoms with E-state index in [0.717, 1.165) is 45.1 Å². The second kappa shape index (κ2) is 11.3. The average molecular weight is 545 g/mol. The van der Waals surface area contributed by atoms with Crippen LogP contribution in [0.1, 0.15) is 92.9 Å². The zero-order chi connectivity index (χ0) is 28.8. The van der Waals surface area contributed by atoms with Crippen LogP contribution in [0.4, 0.5) is 4.79 Å². The Hall–Kier alpha value is -1.73. The predicted molar refractivity (Wildman–Crippen MR) is 152 cm³/mol. The largest absolute Gasteiger partial charge is 0.445 e. The summed E-state index contributed by atoms with van der Waals surface area (Å²) in [7, 11) is 1.99. The minimum Gasteiger partial charge on any atom is -0.445 e. The van der Waals surface area contributed by atoms with Crippen LogP contribution in [-0.4, -0.2) is 60.1 Å². The molecule has 7 nitrogen and oxygen atoms in total. The molecule has 39 heavy (non-hydrogen) atoms. The molecule has 1 aliphatic heterocycles. The van der Waals surface area contributed by atoms with E-state index in [9.17, 15) is 19.5 Å². The minimum absolute atomic E-state index is 0.0572. The van der Waals surface area contributed by atoms with Gasteiger partial charge < -0.3 is 14.7 Å². The summed E-state index contributed by atoms with van der Waals surface area (Å²) < 4.78 is 6.27. The molecular formula is C32H52N2O5. The maximum Gasteiger partial charge on any atom is 0.414 e. The molecule has 0 radical (unpaired) electrons. The third-order valence-electron chi connectivity index (χ3n) is 11.8. The lowest BCUT2D eigenvalue weighted by atomic mass is 9.44. The Labute approximate surface area is 235 Å². The molecule has 3 saturated carbocycles. The quantitative estimate of drug-likeness (QED) is 0.453. The summed E-state index contributed by atoms with van der Waals surface area (Å²) in [5.41, 5.74) is -1.53. The van der Waals surface area contributed by atoms with E-state index in [2.05, 4.69) is 63.9 Å². The van der Waals surface area contributed by atoms with Gasteiger partial charge in [-0.05, 0) is 75.3 Å². The van der Waals surface area contributed by atoms with E-state index in [-0.39, 0.29) is 46.7 Å². The first kappa shape index (κ1) is 30.2. The lowest BCUT2D eigenvalue weighted by Crippen LogP contribution is -2.63. The van der Waals surface area contributed by atoms with Gasteiger partial charge in [0.2, 0.25) is 5.91 Å². The number of rotatable bonds is 5. The van der Waals surface area contributed by atoms with Crippen molar-refractivity contribution in [2.45, 2.75) is 105 Å². The van der Waals surface area contributed by atoms with Crippen molar-refractivity contribution in [3.63, 3.8) is 0 Å². The number of Topliss-reactive ketones (excluding diaryl/α,β-unsaturated/α-hetero) is 1. The SMILES string of the molecule is CCCC=C[C@]1(C)C[C@@H](OC(=O)NC(=O)[C@H]2CN(C)CC[C@@H]2C)[C@@]2(C)C3C(=O)CCC3(CC[C@H]2C)[C@@H](C)[C@@H]1O. The van der Waals surface area contributed by atoms with Crippen molar-refractivity contribution in [1.29, 1.82) is 0 Å². The Kier molecular flexibility index (Phi) is 8.74. The van der Waals surface area contributed by atoms with Gasteiger partial charge in [0.15, 0.2) is 0 Å². The fourth-order valence-electron chi connectivity index (χ4n) is 8.91. The zero-order valence-corrected chi connectivity index (χ0v) is 25.3. The number of hydrogen-bond donors (Lipinski definition) is 2. The molecule has 1 heterocycles. The van der Waals surface area contributed by atoms with Gasteiger partial charge in [0.05, 0.1) is 12.0 Å². The summed E-state index contributed by atoms with van der Waals surface area (Å²) in [5, 5.41) is 14.5. The number of ether oxygens (including phenoxy) is 1. The van der Waals surface area contributed by atoms with E-state index in [1.807, 2.05) is 7.05 Å². The number of ketones is 1. The van der Waals surface area contributed by atoms with Crippen molar-refractivity contribution in [2.75, 3.05) is 20.1 Å². The third kappa shape index (κ3) is 5.23. The number of imide groups is 1. The van der Waals surface area contributed by atoms with E-state index in [4.69, 9.17) is 4.74 Å². The Morgan fingerprint density at radius 2 is 1.90 bits per heavy atom. The van der Waals surface area contributed by atoms with Crippen LogP contribution in [0, 0.1) is 45.8 Å². The number of alkyl carbamates (subject to hydrolysis) is 1. The van der Waals surface area contributed by atoms with Gasteiger partial charge in [-0.1, -0.05) is 60.1 Å². The summed E-state index contributed by atoms with van der Waals surface area (Å²) in [6.07, 6.45) is 8.57. The fourth-order valence-corrected chi connectivity index (χ4v) is 8.91. The monoisotopic (exact) mass is 544 g/mol. The van der Waals surface area contributed by atoms with Gasteiger partial charge >= 0.3 is 6.09 Å². The molecule has 1 saturated heterocycles. The van der Waals surface area contributed by atoms with Gasteiger partial charge in [0.25, 0.3) is 0 Å². The van der Waals surface area contributed by atoms with Crippen LogP contribution in [0.25, 0.3) is 0 Å². The number of hydrogen-bond acceptors (Lipinski definition) is 6. The number of nitrogens with one attached hydrogen (secondary N) is 1. The van der Waals surface area contributed by atoms with Crippen LogP contribution in [0.5, 0.6) is 0 Å². The minimum atomic E-state index is -0.733. The first-order valence-corrected chi connectivity index (χ1v) is 15.4. The zero-order valence-electron chi connectivity index (χ0n) is 25.3. The number of aliphatic hydroxyl groups is 1. The van der Waals surface area contributed by atoms with Crippen molar-refractivity contribution in [2.24, 2.45) is 45.8 Å². The molecule has 3 aliphatic carbocycles. The lowest BCUT2D eigenvalue weighted by molar-refractivity contribution is -0.191. The summed E-state index contributed by atoms with van der Waals surface area (Å²) >= 11 is 0. The molecular weight excluding hydrogens is 492 g/mol. The molecule has 4 rings (SSSR count). The van der Waals surface area contributed by atoms with E-state index < -0.39 is 29.1 Å². The molecule has 10 atom stereocenters. The molecule has 4 fully saturated rings. The first-order valence-electron chi connectivity index (χ1n) is 15.4. The second-order valence-corrected chi connectivity index (χ2v) is 14.1. The highest BCUT2D eigenvalue weighted by atomic mass is 16.6. The third-order valence-corrected chi connectivity index (χ3v) is 11.8. The molecule has 0 aromatic heterocycles. The molecule has 2 unspecified atom stereocenters. The number of piperidine rings is 1. The smallest absolute Gasteiger partial charge is 0.414 e. The number of nitrogens with zero attached hydrogens (tertiary/aromatic N) is 1. The maximum absolute atomic E-state index is 13.6. The number of amides is 2. The predicted octanol–water partition coefficient (Wildman–Crippen LogP) is 5.36. The molecule has 0 aromatic carbocycles. The highest BCUT2D eigenvalue weighted by Crippen LogP contribution is 2.68. The Balaban J connectivity index is 1.69. The van der Waals surface area contributed by atoms with Crippen LogP contribution in [0.3, 0.4) is 0 Å². The summed E-state index contributed by atoms with van der Waals surface area (Å²) in [5.74, 6) is -0.320. The Morgan fingerprint density at radius 3 is 2.59 bits per heavy atom.